The molecule has 2 atom stereocenters. The van der Waals surface area contributed by atoms with Crippen LogP contribution >= 0.6 is 0 Å². The van der Waals surface area contributed by atoms with E-state index in [0.717, 1.165) is 56.0 Å². The third kappa shape index (κ3) is 6.80. The van der Waals surface area contributed by atoms with Gasteiger partial charge in [-0.15, -0.1) is 0 Å². The number of nitrogens with one attached hydrogen (secondary N) is 2. The summed E-state index contributed by atoms with van der Waals surface area (Å²) in [7, 11) is 2.06. The third-order valence-corrected chi connectivity index (χ3v) is 7.56. The lowest BCUT2D eigenvalue weighted by Gasteiger charge is -2.33. The summed E-state index contributed by atoms with van der Waals surface area (Å²) in [5, 5.41) is 6.50. The highest BCUT2D eigenvalue weighted by molar-refractivity contribution is 5.74. The molecule has 11 heteroatoms. The summed E-state index contributed by atoms with van der Waals surface area (Å²) >= 11 is 0. The fourth-order valence-corrected chi connectivity index (χ4v) is 5.38. The first-order chi connectivity index (χ1) is 20.5. The van der Waals surface area contributed by atoms with Crippen LogP contribution in [0.25, 0.3) is 11.5 Å². The summed E-state index contributed by atoms with van der Waals surface area (Å²) in [5.74, 6) is 2.05. The highest BCUT2D eigenvalue weighted by Gasteiger charge is 2.31. The smallest absolute Gasteiger partial charge is 0.311 e. The molecule has 11 nitrogen and oxygen atoms in total. The maximum Gasteiger partial charge on any atom is 0.311 e. The van der Waals surface area contributed by atoms with Gasteiger partial charge in [-0.3, -0.25) is 4.79 Å². The number of pyridine rings is 1. The zero-order chi connectivity index (χ0) is 28.9. The predicted octanol–water partition coefficient (Wildman–Crippen LogP) is 4.59. The number of ether oxygens (including phenoxy) is 1. The number of benzene rings is 1. The molecule has 42 heavy (non-hydrogen) atoms. The van der Waals surface area contributed by atoms with Gasteiger partial charge in [-0.2, -0.15) is 4.98 Å². The minimum Gasteiger partial charge on any atom is -0.461 e. The monoisotopic (exact) mass is 565 g/mol. The molecule has 2 saturated heterocycles. The van der Waals surface area contributed by atoms with Crippen LogP contribution in [-0.2, 0) is 9.53 Å². The first-order valence-corrected chi connectivity index (χ1v) is 14.4. The molecule has 0 saturated carbocycles. The van der Waals surface area contributed by atoms with E-state index in [4.69, 9.17) is 4.74 Å². The molecule has 3 aromatic heterocycles. The lowest BCUT2D eigenvalue weighted by molar-refractivity contribution is -0.153. The Morgan fingerprint density at radius 2 is 1.69 bits per heavy atom. The van der Waals surface area contributed by atoms with Gasteiger partial charge < -0.3 is 25.2 Å². The van der Waals surface area contributed by atoms with Crippen LogP contribution in [0.1, 0.15) is 25.0 Å². The van der Waals surface area contributed by atoms with Crippen LogP contribution in [-0.4, -0.2) is 75.1 Å². The average molecular weight is 566 g/mol. The average Bonchev–Trinajstić information content (AvgIpc) is 3.42. The zero-order valence-corrected chi connectivity index (χ0v) is 23.9. The summed E-state index contributed by atoms with van der Waals surface area (Å²) < 4.78 is 5.82. The molecule has 0 amide bonds. The van der Waals surface area contributed by atoms with Crippen molar-refractivity contribution in [2.24, 2.45) is 5.92 Å². The Kier molecular flexibility index (Phi) is 8.18. The van der Waals surface area contributed by atoms with Crippen molar-refractivity contribution < 1.29 is 9.53 Å². The minimum atomic E-state index is -0.0925. The van der Waals surface area contributed by atoms with Crippen LogP contribution in [0.3, 0.4) is 0 Å². The highest BCUT2D eigenvalue weighted by atomic mass is 16.5. The summed E-state index contributed by atoms with van der Waals surface area (Å²) in [5.41, 5.74) is 3.56. The van der Waals surface area contributed by atoms with E-state index in [1.165, 1.54) is 0 Å². The molecule has 2 fully saturated rings. The minimum absolute atomic E-state index is 0.0218. The van der Waals surface area contributed by atoms with E-state index in [1.54, 1.807) is 24.5 Å². The molecular formula is C31H35N9O2. The fourth-order valence-electron chi connectivity index (χ4n) is 5.38. The topological polar surface area (TPSA) is 121 Å². The predicted molar refractivity (Wildman–Crippen MR) is 162 cm³/mol. The number of hydrogen-bond acceptors (Lipinski definition) is 11. The number of likely N-dealkylation sites (N-methyl/N-ethyl adjacent to an activating group) is 1. The van der Waals surface area contributed by atoms with Gasteiger partial charge in [0.05, 0.1) is 5.92 Å². The molecule has 0 radical (unpaired) electrons. The van der Waals surface area contributed by atoms with Gasteiger partial charge in [0.15, 0.2) is 5.82 Å². The molecule has 4 aromatic rings. The van der Waals surface area contributed by atoms with Crippen molar-refractivity contribution in [2.45, 2.75) is 32.3 Å². The number of likely N-dealkylation sites (tertiary alicyclic amines) is 1. The molecule has 2 unspecified atom stereocenters. The Hall–Kier alpha value is -4.64. The first-order valence-electron chi connectivity index (χ1n) is 14.4. The molecule has 0 spiro atoms. The van der Waals surface area contributed by atoms with E-state index in [-0.39, 0.29) is 18.0 Å². The lowest BCUT2D eigenvalue weighted by atomic mass is 9.97. The number of hydrogen-bond donors (Lipinski definition) is 2. The first kappa shape index (κ1) is 27.5. The van der Waals surface area contributed by atoms with E-state index >= 15 is 0 Å². The van der Waals surface area contributed by atoms with E-state index in [9.17, 15) is 4.79 Å². The number of anilines is 5. The lowest BCUT2D eigenvalue weighted by Crippen LogP contribution is -2.40. The molecule has 0 bridgehead atoms. The summed E-state index contributed by atoms with van der Waals surface area (Å²) in [6, 6.07) is 17.4. The van der Waals surface area contributed by atoms with Crippen LogP contribution in [0.5, 0.6) is 0 Å². The third-order valence-electron chi connectivity index (χ3n) is 7.56. The van der Waals surface area contributed by atoms with Crippen LogP contribution in [0.2, 0.25) is 0 Å². The standard InChI is InChI=1S/C31H35N9O2/c1-21-5-3-7-26(34-21)29-32-15-12-27(37-29)36-28-13-16-33-31(38-28)35-23-8-10-24(11-9-23)40-17-4-6-22(19-40)30(41)42-25-14-18-39(2)20-25/h3,5,7-13,15-16,22,25H,4,6,14,17-20H2,1-2H3,(H2,32,33,35,36,37,38). The second-order valence-electron chi connectivity index (χ2n) is 10.9. The van der Waals surface area contributed by atoms with Gasteiger partial charge in [0.1, 0.15) is 23.4 Å². The number of carbonyl (C=O) groups is 1. The second-order valence-corrected chi connectivity index (χ2v) is 10.9. The number of aryl methyl sites for hydroxylation is 1. The highest BCUT2D eigenvalue weighted by Crippen LogP contribution is 2.27. The van der Waals surface area contributed by atoms with Crippen molar-refractivity contribution in [1.82, 2.24) is 29.8 Å². The fraction of sp³-hybridized carbons (Fsp3) is 0.355. The maximum atomic E-state index is 12.8. The quantitative estimate of drug-likeness (QED) is 0.292. The largest absolute Gasteiger partial charge is 0.461 e. The summed E-state index contributed by atoms with van der Waals surface area (Å²) in [6.45, 7) is 5.34. The molecular weight excluding hydrogens is 530 g/mol. The van der Waals surface area contributed by atoms with Gasteiger partial charge in [-0.05, 0) is 81.8 Å². The van der Waals surface area contributed by atoms with Crippen molar-refractivity contribution in [3.63, 3.8) is 0 Å². The van der Waals surface area contributed by atoms with Gasteiger partial charge in [-0.1, -0.05) is 6.07 Å². The Balaban J connectivity index is 1.06. The number of rotatable bonds is 8. The zero-order valence-electron chi connectivity index (χ0n) is 23.9. The van der Waals surface area contributed by atoms with Crippen molar-refractivity contribution in [3.8, 4) is 11.5 Å². The SMILES string of the molecule is Cc1cccc(-c2nccc(Nc3ccnc(Nc4ccc(N5CCCC(C(=O)OC6CCN(C)C6)C5)cc4)n3)n2)n1. The van der Waals surface area contributed by atoms with Crippen LogP contribution in [0.15, 0.2) is 67.0 Å². The number of piperidine rings is 1. The molecule has 6 rings (SSSR count). The molecule has 2 N–H and O–H groups in total. The van der Waals surface area contributed by atoms with Crippen LogP contribution in [0.4, 0.5) is 29.0 Å². The summed E-state index contributed by atoms with van der Waals surface area (Å²) in [6.07, 6.45) is 6.16. The number of carbonyl (C=O) groups excluding carboxylic acids is 1. The molecule has 2 aliphatic rings. The van der Waals surface area contributed by atoms with Crippen molar-refractivity contribution in [3.05, 3.63) is 72.7 Å². The molecule has 0 aliphatic carbocycles. The normalized spacial score (nSPS) is 19.0. The number of esters is 1. The van der Waals surface area contributed by atoms with Crippen molar-refractivity contribution in [1.29, 1.82) is 0 Å². The Morgan fingerprint density at radius 1 is 0.881 bits per heavy atom. The van der Waals surface area contributed by atoms with Gasteiger partial charge in [0, 0.05) is 55.6 Å². The van der Waals surface area contributed by atoms with E-state index in [2.05, 4.69) is 64.5 Å². The van der Waals surface area contributed by atoms with Gasteiger partial charge >= 0.3 is 5.97 Å². The maximum absolute atomic E-state index is 12.8. The van der Waals surface area contributed by atoms with Gasteiger partial charge in [0.2, 0.25) is 5.95 Å². The van der Waals surface area contributed by atoms with Crippen LogP contribution < -0.4 is 15.5 Å². The molecule has 2 aliphatic heterocycles. The van der Waals surface area contributed by atoms with Gasteiger partial charge in [-0.25, -0.2) is 19.9 Å². The molecule has 1 aromatic carbocycles. The van der Waals surface area contributed by atoms with Gasteiger partial charge in [0.25, 0.3) is 0 Å². The summed E-state index contributed by atoms with van der Waals surface area (Å²) in [4.78, 5) is 39.7. The van der Waals surface area contributed by atoms with Crippen LogP contribution in [0, 0.1) is 12.8 Å². The molecule has 216 valence electrons. The number of nitrogens with zero attached hydrogens (tertiary/aromatic N) is 7. The van der Waals surface area contributed by atoms with E-state index in [0.29, 0.717) is 35.6 Å². The Bertz CT molecular complexity index is 1530. The second kappa shape index (κ2) is 12.5. The van der Waals surface area contributed by atoms with E-state index < -0.39 is 0 Å². The Morgan fingerprint density at radius 3 is 2.48 bits per heavy atom. The van der Waals surface area contributed by atoms with Crippen molar-refractivity contribution in [2.75, 3.05) is 48.8 Å². The Labute approximate surface area is 245 Å². The van der Waals surface area contributed by atoms with Crippen molar-refractivity contribution >= 4 is 34.9 Å². The molecule has 5 heterocycles. The van der Waals surface area contributed by atoms with E-state index in [1.807, 2.05) is 37.3 Å². The number of aromatic nitrogens is 5.